The van der Waals surface area contributed by atoms with Gasteiger partial charge in [0.05, 0.1) is 12.4 Å². The number of aromatic nitrogens is 2. The molecule has 0 radical (unpaired) electrons. The molecular weight excluding hydrogens is 249 g/mol. The Balaban J connectivity index is 2.55. The van der Waals surface area contributed by atoms with Crippen LogP contribution in [0.2, 0.25) is 0 Å². The van der Waals surface area contributed by atoms with Crippen LogP contribution in [-0.4, -0.2) is 34.7 Å². The maximum atomic E-state index is 11.8. The van der Waals surface area contributed by atoms with Crippen LogP contribution in [-0.2, 0) is 4.74 Å². The highest BCUT2D eigenvalue weighted by Gasteiger charge is 2.29. The fraction of sp³-hybridized carbons (Fsp3) is 0.571. The molecule has 9 heteroatoms. The second-order valence-electron chi connectivity index (χ2n) is 2.50. The van der Waals surface area contributed by atoms with Gasteiger partial charge in [-0.1, -0.05) is 16.9 Å². The van der Waals surface area contributed by atoms with Crippen molar-refractivity contribution in [2.75, 3.05) is 12.4 Å². The van der Waals surface area contributed by atoms with Gasteiger partial charge in [0.2, 0.25) is 0 Å². The van der Waals surface area contributed by atoms with Crippen molar-refractivity contribution < 1.29 is 27.1 Å². The lowest BCUT2D eigenvalue weighted by Crippen LogP contribution is -2.10. The van der Waals surface area contributed by atoms with E-state index in [2.05, 4.69) is 19.4 Å². The molecular formula is C7H7F3N2O3S. The van der Waals surface area contributed by atoms with Gasteiger partial charge in [-0.05, 0) is 6.92 Å². The van der Waals surface area contributed by atoms with Gasteiger partial charge >= 0.3 is 18.0 Å². The molecule has 1 rings (SSSR count). The van der Waals surface area contributed by atoms with Gasteiger partial charge in [0, 0.05) is 0 Å². The number of nitrogens with zero attached hydrogens (tertiary/aromatic N) is 2. The van der Waals surface area contributed by atoms with Gasteiger partial charge in [-0.3, -0.25) is 0 Å². The highest BCUT2D eigenvalue weighted by molar-refractivity contribution is 7.99. The van der Waals surface area contributed by atoms with E-state index < -0.39 is 23.8 Å². The molecule has 0 fully saturated rings. The fourth-order valence-electron chi connectivity index (χ4n) is 0.687. The molecule has 0 aliphatic heterocycles. The average molecular weight is 256 g/mol. The Bertz CT molecular complexity index is 366. The van der Waals surface area contributed by atoms with Crippen LogP contribution in [0.1, 0.15) is 17.6 Å². The summed E-state index contributed by atoms with van der Waals surface area (Å²) in [6.45, 7) is 1.69. The smallest absolute Gasteiger partial charge is 0.398 e. The summed E-state index contributed by atoms with van der Waals surface area (Å²) in [6.07, 6.45) is -4.33. The third-order valence-corrected chi connectivity index (χ3v) is 2.10. The van der Waals surface area contributed by atoms with Gasteiger partial charge < -0.3 is 9.15 Å². The van der Waals surface area contributed by atoms with E-state index in [-0.39, 0.29) is 11.8 Å². The maximum absolute atomic E-state index is 11.8. The zero-order valence-corrected chi connectivity index (χ0v) is 8.89. The number of alkyl halides is 3. The average Bonchev–Trinajstić information content (AvgIpc) is 2.62. The van der Waals surface area contributed by atoms with Crippen molar-refractivity contribution in [3.05, 3.63) is 5.89 Å². The van der Waals surface area contributed by atoms with E-state index >= 15 is 0 Å². The number of esters is 1. The molecule has 1 aromatic rings. The largest absolute Gasteiger partial charge is 0.459 e. The molecule has 0 saturated carbocycles. The first-order valence-electron chi connectivity index (χ1n) is 4.12. The van der Waals surface area contributed by atoms with Crippen molar-refractivity contribution in [3.63, 3.8) is 0 Å². The molecule has 0 atom stereocenters. The molecule has 1 heterocycles. The Morgan fingerprint density at radius 2 is 2.19 bits per heavy atom. The predicted octanol–water partition coefficient (Wildman–Crippen LogP) is 1.90. The number of halogens is 3. The minimum Gasteiger partial charge on any atom is -0.459 e. The van der Waals surface area contributed by atoms with E-state index in [4.69, 9.17) is 0 Å². The normalized spacial score (nSPS) is 11.5. The molecule has 0 bridgehead atoms. The van der Waals surface area contributed by atoms with E-state index in [0.717, 1.165) is 0 Å². The quantitative estimate of drug-likeness (QED) is 0.605. The van der Waals surface area contributed by atoms with Crippen molar-refractivity contribution in [3.8, 4) is 0 Å². The summed E-state index contributed by atoms with van der Waals surface area (Å²) in [5, 5.41) is 6.20. The van der Waals surface area contributed by atoms with Crippen LogP contribution in [0.25, 0.3) is 0 Å². The van der Waals surface area contributed by atoms with Crippen LogP contribution >= 0.6 is 11.8 Å². The Hall–Kier alpha value is -1.25. The monoisotopic (exact) mass is 256 g/mol. The van der Waals surface area contributed by atoms with Crippen LogP contribution in [0.4, 0.5) is 13.2 Å². The summed E-state index contributed by atoms with van der Waals surface area (Å²) >= 11 is 0.311. The topological polar surface area (TPSA) is 65.2 Å². The van der Waals surface area contributed by atoms with Gasteiger partial charge in [-0.15, -0.1) is 5.10 Å². The summed E-state index contributed by atoms with van der Waals surface area (Å²) in [4.78, 5) is 11.0. The molecule has 90 valence electrons. The third-order valence-electron chi connectivity index (χ3n) is 1.22. The molecule has 0 unspecified atom stereocenters. The zero-order valence-electron chi connectivity index (χ0n) is 8.08. The van der Waals surface area contributed by atoms with Gasteiger partial charge in [0.1, 0.15) is 0 Å². The molecule has 0 spiro atoms. The van der Waals surface area contributed by atoms with E-state index in [1.807, 2.05) is 0 Å². The van der Waals surface area contributed by atoms with Gasteiger partial charge in [-0.25, -0.2) is 4.79 Å². The lowest BCUT2D eigenvalue weighted by Gasteiger charge is -2.01. The van der Waals surface area contributed by atoms with Crippen LogP contribution < -0.4 is 0 Å². The molecule has 0 aromatic carbocycles. The van der Waals surface area contributed by atoms with E-state index in [0.29, 0.717) is 11.8 Å². The highest BCUT2D eigenvalue weighted by Crippen LogP contribution is 2.26. The first-order valence-corrected chi connectivity index (χ1v) is 5.11. The number of hydrogen-bond acceptors (Lipinski definition) is 6. The van der Waals surface area contributed by atoms with Crippen LogP contribution in [0.3, 0.4) is 0 Å². The lowest BCUT2D eigenvalue weighted by molar-refractivity contribution is -0.105. The van der Waals surface area contributed by atoms with Crippen molar-refractivity contribution in [1.82, 2.24) is 10.2 Å². The Kier molecular flexibility index (Phi) is 4.16. The van der Waals surface area contributed by atoms with E-state index in [9.17, 15) is 18.0 Å². The minimum absolute atomic E-state index is 0.117. The lowest BCUT2D eigenvalue weighted by atomic mass is 10.7. The second-order valence-corrected chi connectivity index (χ2v) is 3.42. The number of carbonyl (C=O) groups excluding carboxylic acids is 1. The van der Waals surface area contributed by atoms with Crippen molar-refractivity contribution in [1.29, 1.82) is 0 Å². The minimum atomic E-state index is -4.33. The van der Waals surface area contributed by atoms with Crippen molar-refractivity contribution >= 4 is 17.7 Å². The Morgan fingerprint density at radius 3 is 2.75 bits per heavy atom. The zero-order chi connectivity index (χ0) is 12.2. The number of ether oxygens (including phenoxy) is 1. The first kappa shape index (κ1) is 12.8. The molecule has 0 amide bonds. The number of hydrogen-bond donors (Lipinski definition) is 0. The number of rotatable bonds is 4. The van der Waals surface area contributed by atoms with Crippen molar-refractivity contribution in [2.45, 2.75) is 18.3 Å². The molecule has 0 aliphatic rings. The summed E-state index contributed by atoms with van der Waals surface area (Å²) in [6, 6.07) is 0. The highest BCUT2D eigenvalue weighted by atomic mass is 32.2. The maximum Gasteiger partial charge on any atom is 0.398 e. The second kappa shape index (κ2) is 5.19. The van der Waals surface area contributed by atoms with Crippen LogP contribution in [0, 0.1) is 0 Å². The van der Waals surface area contributed by atoms with Crippen LogP contribution in [0.15, 0.2) is 9.64 Å². The number of carbonyl (C=O) groups is 1. The molecule has 5 nitrogen and oxygen atoms in total. The Labute approximate surface area is 92.4 Å². The molecule has 0 aliphatic carbocycles. The van der Waals surface area contributed by atoms with Gasteiger partial charge in [0.25, 0.3) is 5.22 Å². The van der Waals surface area contributed by atoms with Gasteiger partial charge in [0.15, 0.2) is 0 Å². The Morgan fingerprint density at radius 1 is 1.50 bits per heavy atom. The molecule has 16 heavy (non-hydrogen) atoms. The van der Waals surface area contributed by atoms with Crippen LogP contribution in [0.5, 0.6) is 0 Å². The molecule has 1 aromatic heterocycles. The van der Waals surface area contributed by atoms with Gasteiger partial charge in [-0.2, -0.15) is 13.2 Å². The SMILES string of the molecule is CCOC(=O)c1nnc(SCC(F)(F)F)o1. The summed E-state index contributed by atoms with van der Waals surface area (Å²) in [5.41, 5.74) is 0. The summed E-state index contributed by atoms with van der Waals surface area (Å²) in [7, 11) is 0. The summed E-state index contributed by atoms with van der Waals surface area (Å²) < 4.78 is 44.7. The van der Waals surface area contributed by atoms with E-state index in [1.165, 1.54) is 0 Å². The number of thioether (sulfide) groups is 1. The standard InChI is InChI=1S/C7H7F3N2O3S/c1-2-14-5(13)4-11-12-6(15-4)16-3-7(8,9)10/h2-3H2,1H3. The fourth-order valence-corrected chi connectivity index (χ4v) is 1.21. The van der Waals surface area contributed by atoms with E-state index in [1.54, 1.807) is 6.92 Å². The predicted molar refractivity (Wildman–Crippen MR) is 47.0 cm³/mol. The summed E-state index contributed by atoms with van der Waals surface area (Å²) in [5.74, 6) is -2.46. The molecule has 0 saturated heterocycles. The first-order chi connectivity index (χ1) is 7.42. The molecule has 0 N–H and O–H groups in total. The van der Waals surface area contributed by atoms with Crippen molar-refractivity contribution in [2.24, 2.45) is 0 Å². The third kappa shape index (κ3) is 4.09.